The van der Waals surface area contributed by atoms with Crippen LogP contribution in [0.1, 0.15) is 42.8 Å². The maximum atomic E-state index is 13.4. The number of alkyl halides is 3. The number of benzene rings is 2. The van der Waals surface area contributed by atoms with Crippen molar-refractivity contribution in [2.45, 2.75) is 32.1 Å². The minimum absolute atomic E-state index is 0.0908. The summed E-state index contributed by atoms with van der Waals surface area (Å²) in [7, 11) is 0. The summed E-state index contributed by atoms with van der Waals surface area (Å²) in [5.74, 6) is -0.291. The Kier molecular flexibility index (Phi) is 5.32. The third kappa shape index (κ3) is 4.54. The van der Waals surface area contributed by atoms with Crippen molar-refractivity contribution in [1.82, 2.24) is 15.1 Å². The van der Waals surface area contributed by atoms with Crippen molar-refractivity contribution in [2.75, 3.05) is 0 Å². The van der Waals surface area contributed by atoms with Crippen LogP contribution in [-0.4, -0.2) is 9.78 Å². The lowest BCUT2D eigenvalue weighted by molar-refractivity contribution is -0.137. The van der Waals surface area contributed by atoms with E-state index in [-0.39, 0.29) is 17.9 Å². The Balaban J connectivity index is 1.71. The van der Waals surface area contributed by atoms with Crippen LogP contribution in [0.15, 0.2) is 60.8 Å². The third-order valence-electron chi connectivity index (χ3n) is 4.36. The number of hydrogen-bond donors (Lipinski definition) is 1. The van der Waals surface area contributed by atoms with Gasteiger partial charge >= 0.3 is 6.18 Å². The van der Waals surface area contributed by atoms with Gasteiger partial charge in [0.05, 0.1) is 16.9 Å². The molecule has 3 rings (SSSR count). The fourth-order valence-electron chi connectivity index (χ4n) is 2.85. The first kappa shape index (κ1) is 19.1. The number of hydrogen-bond acceptors (Lipinski definition) is 2. The highest BCUT2D eigenvalue weighted by Gasteiger charge is 2.30. The zero-order chi connectivity index (χ0) is 19.6. The average Bonchev–Trinajstić information content (AvgIpc) is 3.11. The molecular formula is C20H19F4N3. The van der Waals surface area contributed by atoms with Gasteiger partial charge in [0.1, 0.15) is 5.82 Å². The fraction of sp³-hybridized carbons (Fsp3) is 0.250. The quantitative estimate of drug-likeness (QED) is 0.600. The van der Waals surface area contributed by atoms with Crippen LogP contribution in [0, 0.1) is 5.82 Å². The molecule has 1 aromatic heterocycles. The maximum absolute atomic E-state index is 13.4. The Morgan fingerprint density at radius 3 is 2.30 bits per heavy atom. The molecule has 0 fully saturated rings. The zero-order valence-electron chi connectivity index (χ0n) is 14.8. The standard InChI is InChI=1S/C20H19F4N3/c1-13(15-4-3-5-17(21)12-15)25-14(2)19-10-11-27(26-19)18-8-6-16(7-9-18)20(22,23)24/h3-14,25H,1-2H3/t13-,14?/m1/s1. The lowest BCUT2D eigenvalue weighted by Crippen LogP contribution is -2.23. The highest BCUT2D eigenvalue weighted by Crippen LogP contribution is 2.29. The Morgan fingerprint density at radius 2 is 1.67 bits per heavy atom. The molecule has 2 aromatic carbocycles. The molecule has 0 saturated carbocycles. The van der Waals surface area contributed by atoms with E-state index < -0.39 is 11.7 Å². The lowest BCUT2D eigenvalue weighted by Gasteiger charge is -2.19. The highest BCUT2D eigenvalue weighted by atomic mass is 19.4. The van der Waals surface area contributed by atoms with E-state index in [1.165, 1.54) is 28.9 Å². The second kappa shape index (κ2) is 7.52. The number of nitrogens with one attached hydrogen (secondary N) is 1. The molecule has 0 aliphatic rings. The molecule has 0 aliphatic carbocycles. The summed E-state index contributed by atoms with van der Waals surface area (Å²) in [6.07, 6.45) is -2.66. The van der Waals surface area contributed by atoms with Gasteiger partial charge in [0, 0.05) is 18.3 Å². The Labute approximate surface area is 154 Å². The molecule has 0 amide bonds. The van der Waals surface area contributed by atoms with Crippen LogP contribution in [0.2, 0.25) is 0 Å². The number of halogens is 4. The van der Waals surface area contributed by atoms with Crippen LogP contribution in [-0.2, 0) is 6.18 Å². The first-order chi connectivity index (χ1) is 12.7. The van der Waals surface area contributed by atoms with E-state index in [1.54, 1.807) is 18.3 Å². The summed E-state index contributed by atoms with van der Waals surface area (Å²) in [6, 6.07) is 12.8. The first-order valence-electron chi connectivity index (χ1n) is 8.49. The van der Waals surface area contributed by atoms with Gasteiger partial charge in [0.15, 0.2) is 0 Å². The number of aromatic nitrogens is 2. The van der Waals surface area contributed by atoms with Gasteiger partial charge in [-0.3, -0.25) is 0 Å². The molecule has 0 aliphatic heterocycles. The molecule has 1 unspecified atom stereocenters. The molecule has 0 bridgehead atoms. The van der Waals surface area contributed by atoms with Crippen LogP contribution in [0.3, 0.4) is 0 Å². The minimum Gasteiger partial charge on any atom is -0.302 e. The van der Waals surface area contributed by atoms with Gasteiger partial charge in [-0.05, 0) is 61.9 Å². The summed E-state index contributed by atoms with van der Waals surface area (Å²) >= 11 is 0. The molecule has 0 spiro atoms. The summed E-state index contributed by atoms with van der Waals surface area (Å²) < 4.78 is 52.9. The highest BCUT2D eigenvalue weighted by molar-refractivity contribution is 5.35. The smallest absolute Gasteiger partial charge is 0.302 e. The predicted octanol–water partition coefficient (Wildman–Crippen LogP) is 5.44. The third-order valence-corrected chi connectivity index (χ3v) is 4.36. The van der Waals surface area contributed by atoms with Crippen molar-refractivity contribution in [2.24, 2.45) is 0 Å². The van der Waals surface area contributed by atoms with E-state index in [2.05, 4.69) is 10.4 Å². The Hall–Kier alpha value is -2.67. The zero-order valence-corrected chi connectivity index (χ0v) is 14.8. The van der Waals surface area contributed by atoms with Crippen molar-refractivity contribution in [1.29, 1.82) is 0 Å². The minimum atomic E-state index is -4.36. The number of nitrogens with zero attached hydrogens (tertiary/aromatic N) is 2. The normalized spacial score (nSPS) is 14.1. The van der Waals surface area contributed by atoms with Gasteiger partial charge in [-0.2, -0.15) is 18.3 Å². The topological polar surface area (TPSA) is 29.9 Å². The summed E-state index contributed by atoms with van der Waals surface area (Å²) in [6.45, 7) is 3.85. The van der Waals surface area contributed by atoms with Crippen LogP contribution in [0.4, 0.5) is 17.6 Å². The molecule has 27 heavy (non-hydrogen) atoms. The van der Waals surface area contributed by atoms with Gasteiger partial charge < -0.3 is 5.32 Å². The number of rotatable bonds is 5. The van der Waals surface area contributed by atoms with Crippen LogP contribution in [0.5, 0.6) is 0 Å². The van der Waals surface area contributed by atoms with Crippen LogP contribution < -0.4 is 5.32 Å². The van der Waals surface area contributed by atoms with E-state index in [0.29, 0.717) is 5.69 Å². The average molecular weight is 377 g/mol. The molecule has 1 N–H and O–H groups in total. The molecule has 0 saturated heterocycles. The van der Waals surface area contributed by atoms with Gasteiger partial charge in [0.2, 0.25) is 0 Å². The fourth-order valence-corrected chi connectivity index (χ4v) is 2.85. The molecule has 7 heteroatoms. The summed E-state index contributed by atoms with van der Waals surface area (Å²) in [5, 5.41) is 7.78. The van der Waals surface area contributed by atoms with Gasteiger partial charge in [0.25, 0.3) is 0 Å². The van der Waals surface area contributed by atoms with E-state index in [0.717, 1.165) is 23.4 Å². The second-order valence-corrected chi connectivity index (χ2v) is 6.39. The maximum Gasteiger partial charge on any atom is 0.416 e. The van der Waals surface area contributed by atoms with Gasteiger partial charge in [-0.15, -0.1) is 0 Å². The first-order valence-corrected chi connectivity index (χ1v) is 8.49. The monoisotopic (exact) mass is 377 g/mol. The van der Waals surface area contributed by atoms with Gasteiger partial charge in [-0.1, -0.05) is 12.1 Å². The van der Waals surface area contributed by atoms with Crippen molar-refractivity contribution >= 4 is 0 Å². The van der Waals surface area contributed by atoms with Crippen molar-refractivity contribution < 1.29 is 17.6 Å². The van der Waals surface area contributed by atoms with Gasteiger partial charge in [-0.25, -0.2) is 9.07 Å². The molecule has 3 nitrogen and oxygen atoms in total. The van der Waals surface area contributed by atoms with Crippen molar-refractivity contribution in [3.63, 3.8) is 0 Å². The van der Waals surface area contributed by atoms with Crippen molar-refractivity contribution in [3.05, 3.63) is 83.4 Å². The predicted molar refractivity (Wildman–Crippen MR) is 94.9 cm³/mol. The van der Waals surface area contributed by atoms with E-state index >= 15 is 0 Å². The van der Waals surface area contributed by atoms with Crippen LogP contribution in [0.25, 0.3) is 5.69 Å². The Morgan fingerprint density at radius 1 is 0.963 bits per heavy atom. The molecular weight excluding hydrogens is 358 g/mol. The summed E-state index contributed by atoms with van der Waals surface area (Å²) in [5.41, 5.74) is 1.40. The molecule has 1 heterocycles. The van der Waals surface area contributed by atoms with E-state index in [4.69, 9.17) is 0 Å². The molecule has 2 atom stereocenters. The van der Waals surface area contributed by atoms with E-state index in [9.17, 15) is 17.6 Å². The lowest BCUT2D eigenvalue weighted by atomic mass is 10.1. The Bertz CT molecular complexity index is 900. The largest absolute Gasteiger partial charge is 0.416 e. The second-order valence-electron chi connectivity index (χ2n) is 6.39. The molecule has 142 valence electrons. The van der Waals surface area contributed by atoms with Crippen molar-refractivity contribution in [3.8, 4) is 5.69 Å². The van der Waals surface area contributed by atoms with E-state index in [1.807, 2.05) is 19.9 Å². The molecule has 0 radical (unpaired) electrons. The summed E-state index contributed by atoms with van der Waals surface area (Å²) in [4.78, 5) is 0. The van der Waals surface area contributed by atoms with Crippen LogP contribution >= 0.6 is 0 Å². The molecule has 3 aromatic rings. The SMILES string of the molecule is CC(N[C@H](C)c1cccc(F)c1)c1ccn(-c2ccc(C(F)(F)F)cc2)n1.